The third-order valence-electron chi connectivity index (χ3n) is 7.96. The average Bonchev–Trinajstić information content (AvgIpc) is 3.83. The van der Waals surface area contributed by atoms with Crippen LogP contribution in [0.15, 0.2) is 72.8 Å². The summed E-state index contributed by atoms with van der Waals surface area (Å²) in [6.07, 6.45) is -5.54. The lowest BCUT2D eigenvalue weighted by Crippen LogP contribution is -2.57. The molecule has 10 nitrogen and oxygen atoms in total. The molecule has 6 atom stereocenters. The van der Waals surface area contributed by atoms with Gasteiger partial charge in [0.2, 0.25) is 0 Å². The van der Waals surface area contributed by atoms with Gasteiger partial charge in [-0.05, 0) is 30.3 Å². The minimum Gasteiger partial charge on any atom is -0.376 e. The standard InChI is InChI=1S/C31H25Cl2F3N6O4S/c1-3-18-12-22(42(39-18)21-11-17(32)9-10-19(21)31(34,35)36)26-28(43-2)25(41-13-20(38-40-41)29-37-24(33)15-47-29)27-23(45-26)14-44-30(46-27)16-7-5-4-6-8-16/h3-13,15,23,25-28,30H,1,14H2,2H3/t23?,25?,26-,27-,28?,30?/m0/s1. The molecule has 0 N–H and O–H groups in total. The zero-order valence-electron chi connectivity index (χ0n) is 24.4. The number of rotatable bonds is 7. The van der Waals surface area contributed by atoms with Crippen molar-refractivity contribution in [2.24, 2.45) is 0 Å². The highest BCUT2D eigenvalue weighted by Crippen LogP contribution is 2.46. The van der Waals surface area contributed by atoms with Crippen molar-refractivity contribution >= 4 is 40.6 Å². The summed E-state index contributed by atoms with van der Waals surface area (Å²) in [6, 6.07) is 13.6. The molecule has 0 radical (unpaired) electrons. The Morgan fingerprint density at radius 3 is 2.62 bits per heavy atom. The van der Waals surface area contributed by atoms with E-state index in [9.17, 15) is 13.2 Å². The van der Waals surface area contributed by atoms with Crippen molar-refractivity contribution in [2.75, 3.05) is 13.7 Å². The molecule has 2 aliphatic heterocycles. The fraction of sp³-hybridized carbons (Fsp3) is 0.290. The molecule has 7 rings (SSSR count). The van der Waals surface area contributed by atoms with Gasteiger partial charge >= 0.3 is 6.18 Å². The zero-order chi connectivity index (χ0) is 32.9. The molecule has 16 heteroatoms. The second-order valence-corrected chi connectivity index (χ2v) is 12.5. The summed E-state index contributed by atoms with van der Waals surface area (Å²) in [6.45, 7) is 3.88. The summed E-state index contributed by atoms with van der Waals surface area (Å²) >= 11 is 13.6. The molecule has 5 aromatic rings. The van der Waals surface area contributed by atoms with E-state index in [1.54, 1.807) is 22.3 Å². The van der Waals surface area contributed by atoms with Gasteiger partial charge < -0.3 is 18.9 Å². The maximum absolute atomic E-state index is 14.3. The summed E-state index contributed by atoms with van der Waals surface area (Å²) in [5.41, 5.74) is 0.630. The number of hydrogen-bond acceptors (Lipinski definition) is 9. The van der Waals surface area contributed by atoms with Crippen LogP contribution >= 0.6 is 34.5 Å². The van der Waals surface area contributed by atoms with Crippen molar-refractivity contribution in [3.05, 3.63) is 105 Å². The number of benzene rings is 2. The van der Waals surface area contributed by atoms with Gasteiger partial charge in [-0.3, -0.25) is 0 Å². The van der Waals surface area contributed by atoms with Gasteiger partial charge in [0, 0.05) is 23.1 Å². The minimum atomic E-state index is -4.70. The highest BCUT2D eigenvalue weighted by molar-refractivity contribution is 7.13. The van der Waals surface area contributed by atoms with Gasteiger partial charge in [-0.15, -0.1) is 16.4 Å². The van der Waals surface area contributed by atoms with Gasteiger partial charge in [0.15, 0.2) is 6.29 Å². The van der Waals surface area contributed by atoms with Crippen molar-refractivity contribution in [3.8, 4) is 16.4 Å². The molecule has 0 amide bonds. The molecular formula is C31H25Cl2F3N6O4S. The maximum Gasteiger partial charge on any atom is 0.418 e. The Balaban J connectivity index is 1.35. The molecule has 0 saturated carbocycles. The van der Waals surface area contributed by atoms with E-state index in [0.29, 0.717) is 21.5 Å². The molecule has 47 heavy (non-hydrogen) atoms. The van der Waals surface area contributed by atoms with Crippen molar-refractivity contribution in [3.63, 3.8) is 0 Å². The first-order chi connectivity index (χ1) is 22.6. The SMILES string of the molecule is C=Cc1cc([C@@H]2OC3COC(c4ccccc4)O[C@@H]3C(n3cc(-c4nc(Cl)cs4)nn3)C2OC)n(-c2cc(Cl)ccc2C(F)(F)F)n1. The second kappa shape index (κ2) is 12.8. The van der Waals surface area contributed by atoms with Crippen molar-refractivity contribution in [1.29, 1.82) is 0 Å². The largest absolute Gasteiger partial charge is 0.418 e. The lowest BCUT2D eigenvalue weighted by Gasteiger charge is -2.49. The second-order valence-electron chi connectivity index (χ2n) is 10.8. The van der Waals surface area contributed by atoms with Crippen LogP contribution in [0.4, 0.5) is 13.2 Å². The Bertz CT molecular complexity index is 1900. The van der Waals surface area contributed by atoms with Gasteiger partial charge in [-0.2, -0.15) is 18.3 Å². The van der Waals surface area contributed by atoms with Crippen LogP contribution in [-0.4, -0.2) is 61.8 Å². The highest BCUT2D eigenvalue weighted by Gasteiger charge is 2.53. The number of ether oxygens (including phenoxy) is 4. The fourth-order valence-electron chi connectivity index (χ4n) is 5.90. The number of alkyl halides is 3. The number of hydrogen-bond donors (Lipinski definition) is 0. The third kappa shape index (κ3) is 6.10. The Kier molecular flexibility index (Phi) is 8.68. The van der Waals surface area contributed by atoms with Gasteiger partial charge in [0.25, 0.3) is 0 Å². The van der Waals surface area contributed by atoms with Crippen LogP contribution in [0.25, 0.3) is 22.5 Å². The van der Waals surface area contributed by atoms with E-state index in [4.69, 9.17) is 42.1 Å². The first-order valence-corrected chi connectivity index (χ1v) is 15.9. The Morgan fingerprint density at radius 1 is 1.11 bits per heavy atom. The molecular weight excluding hydrogens is 680 g/mol. The van der Waals surface area contributed by atoms with Crippen LogP contribution in [0.3, 0.4) is 0 Å². The topological polar surface area (TPSA) is 98.3 Å². The predicted molar refractivity (Wildman–Crippen MR) is 167 cm³/mol. The normalized spacial score (nSPS) is 24.6. The average molecular weight is 706 g/mol. The summed E-state index contributed by atoms with van der Waals surface area (Å²) < 4.78 is 71.0. The molecule has 3 aromatic heterocycles. The number of fused-ring (bicyclic) bond motifs is 1. The van der Waals surface area contributed by atoms with E-state index < -0.39 is 48.5 Å². The predicted octanol–water partition coefficient (Wildman–Crippen LogP) is 7.37. The molecule has 244 valence electrons. The summed E-state index contributed by atoms with van der Waals surface area (Å²) in [4.78, 5) is 4.30. The molecule has 0 bridgehead atoms. The molecule has 2 fully saturated rings. The van der Waals surface area contributed by atoms with Crippen molar-refractivity contribution < 1.29 is 32.1 Å². The molecule has 0 aliphatic carbocycles. The van der Waals surface area contributed by atoms with E-state index in [1.165, 1.54) is 41.3 Å². The Morgan fingerprint density at radius 2 is 1.91 bits per heavy atom. The van der Waals surface area contributed by atoms with Crippen LogP contribution in [0.1, 0.15) is 41.0 Å². The van der Waals surface area contributed by atoms with Gasteiger partial charge in [0.1, 0.15) is 46.3 Å². The van der Waals surface area contributed by atoms with E-state index in [1.807, 2.05) is 30.3 Å². The first kappa shape index (κ1) is 31.9. The molecule has 2 aliphatic rings. The van der Waals surface area contributed by atoms with Crippen molar-refractivity contribution in [2.45, 2.75) is 42.9 Å². The van der Waals surface area contributed by atoms with Crippen LogP contribution in [0.5, 0.6) is 0 Å². The number of methoxy groups -OCH3 is 1. The van der Waals surface area contributed by atoms with Gasteiger partial charge in [0.05, 0.1) is 35.4 Å². The summed E-state index contributed by atoms with van der Waals surface area (Å²) in [7, 11) is 1.48. The summed E-state index contributed by atoms with van der Waals surface area (Å²) in [5.74, 6) is 0. The van der Waals surface area contributed by atoms with Crippen molar-refractivity contribution in [1.82, 2.24) is 29.8 Å². The quantitative estimate of drug-likeness (QED) is 0.173. The lowest BCUT2D eigenvalue weighted by molar-refractivity contribution is -0.320. The van der Waals surface area contributed by atoms with Gasteiger partial charge in [-0.1, -0.05) is 65.3 Å². The monoisotopic (exact) mass is 704 g/mol. The fourth-order valence-corrected chi connectivity index (χ4v) is 6.97. The maximum atomic E-state index is 14.3. The van der Waals surface area contributed by atoms with E-state index in [0.717, 1.165) is 11.6 Å². The number of thiazole rings is 1. The number of halogens is 5. The lowest BCUT2D eigenvalue weighted by atomic mass is 9.89. The van der Waals surface area contributed by atoms with Crippen LogP contribution in [0.2, 0.25) is 10.2 Å². The molecule has 0 spiro atoms. The molecule has 4 unspecified atom stereocenters. The van der Waals surface area contributed by atoms with E-state index in [-0.39, 0.29) is 23.0 Å². The highest BCUT2D eigenvalue weighted by atomic mass is 35.5. The van der Waals surface area contributed by atoms with Crippen LogP contribution < -0.4 is 0 Å². The molecule has 2 aromatic carbocycles. The molecule has 2 saturated heterocycles. The molecule has 5 heterocycles. The van der Waals surface area contributed by atoms with Gasteiger partial charge in [-0.25, -0.2) is 14.3 Å². The number of aromatic nitrogens is 6. The van der Waals surface area contributed by atoms with Crippen LogP contribution in [0, 0.1) is 0 Å². The number of nitrogens with zero attached hydrogens (tertiary/aromatic N) is 6. The smallest absolute Gasteiger partial charge is 0.376 e. The van der Waals surface area contributed by atoms with Crippen LogP contribution in [-0.2, 0) is 25.1 Å². The minimum absolute atomic E-state index is 0.0962. The zero-order valence-corrected chi connectivity index (χ0v) is 26.7. The van der Waals surface area contributed by atoms with E-state index in [2.05, 4.69) is 27.0 Å². The Labute approximate surface area is 280 Å². The third-order valence-corrected chi connectivity index (χ3v) is 9.38. The summed E-state index contributed by atoms with van der Waals surface area (Å²) in [5, 5.41) is 15.9. The Hall–Kier alpha value is -3.63. The first-order valence-electron chi connectivity index (χ1n) is 14.3. The van der Waals surface area contributed by atoms with E-state index >= 15 is 0 Å².